The number of hydrogen-bond donors (Lipinski definition) is 2. The zero-order valence-electron chi connectivity index (χ0n) is 18.6. The number of ether oxygens (including phenoxy) is 1. The minimum absolute atomic E-state index is 0.155. The van der Waals surface area contributed by atoms with Crippen molar-refractivity contribution >= 4 is 20.8 Å². The maximum absolute atomic E-state index is 13.5. The third-order valence-electron chi connectivity index (χ3n) is 6.34. The normalized spacial score (nSPS) is 16.3. The molecule has 3 aromatic rings. The third kappa shape index (κ3) is 5.56. The van der Waals surface area contributed by atoms with E-state index in [1.807, 2.05) is 67.6 Å². The lowest BCUT2D eigenvalue weighted by atomic mass is 9.89. The lowest BCUT2D eigenvalue weighted by molar-refractivity contribution is 0.105. The molecule has 0 bridgehead atoms. The number of benzene rings is 3. The van der Waals surface area contributed by atoms with E-state index in [-0.39, 0.29) is 6.04 Å². The van der Waals surface area contributed by atoms with Gasteiger partial charge in [-0.1, -0.05) is 60.7 Å². The van der Waals surface area contributed by atoms with Crippen molar-refractivity contribution in [2.24, 2.45) is 5.92 Å². The van der Waals surface area contributed by atoms with Crippen molar-refractivity contribution in [2.75, 3.05) is 19.7 Å². The summed E-state index contributed by atoms with van der Waals surface area (Å²) in [4.78, 5) is 0.350. The quantitative estimate of drug-likeness (QED) is 0.472. The van der Waals surface area contributed by atoms with Gasteiger partial charge in [-0.25, -0.2) is 13.1 Å². The average molecular weight is 453 g/mol. The molecule has 32 heavy (non-hydrogen) atoms. The molecule has 3 aromatic carbocycles. The molecule has 4 rings (SSSR count). The van der Waals surface area contributed by atoms with Gasteiger partial charge in [-0.05, 0) is 67.8 Å². The Balaban J connectivity index is 1.50. The van der Waals surface area contributed by atoms with Crippen LogP contribution in [0.15, 0.2) is 71.6 Å². The number of aryl methyl sites for hydroxylation is 1. The summed E-state index contributed by atoms with van der Waals surface area (Å²) in [5.41, 5.74) is 2.20. The first-order valence-corrected chi connectivity index (χ1v) is 12.9. The molecule has 170 valence electrons. The van der Waals surface area contributed by atoms with Gasteiger partial charge in [0.15, 0.2) is 0 Å². The van der Waals surface area contributed by atoms with Gasteiger partial charge in [0, 0.05) is 18.0 Å². The Kier molecular flexibility index (Phi) is 7.58. The summed E-state index contributed by atoms with van der Waals surface area (Å²) in [6, 6.07) is 21.2. The van der Waals surface area contributed by atoms with E-state index in [1.165, 1.54) is 0 Å². The van der Waals surface area contributed by atoms with Gasteiger partial charge in [-0.3, -0.25) is 0 Å². The van der Waals surface area contributed by atoms with Crippen LogP contribution in [0.4, 0.5) is 0 Å². The molecule has 0 aliphatic carbocycles. The lowest BCUT2D eigenvalue weighted by Gasteiger charge is -2.31. The van der Waals surface area contributed by atoms with Crippen molar-refractivity contribution in [3.63, 3.8) is 0 Å². The Morgan fingerprint density at radius 1 is 0.969 bits per heavy atom. The van der Waals surface area contributed by atoms with Crippen LogP contribution in [0, 0.1) is 12.8 Å². The highest BCUT2D eigenvalue weighted by atomic mass is 32.2. The van der Waals surface area contributed by atoms with Crippen molar-refractivity contribution in [1.82, 2.24) is 10.0 Å². The zero-order chi connectivity index (χ0) is 22.4. The molecule has 2 N–H and O–H groups in total. The van der Waals surface area contributed by atoms with E-state index in [1.54, 1.807) is 6.07 Å². The Bertz CT molecular complexity index is 1130. The van der Waals surface area contributed by atoms with Crippen LogP contribution in [0.1, 0.15) is 30.4 Å². The molecule has 6 heteroatoms. The second-order valence-electron chi connectivity index (χ2n) is 8.57. The smallest absolute Gasteiger partial charge is 0.241 e. The highest BCUT2D eigenvalue weighted by Gasteiger charge is 2.29. The van der Waals surface area contributed by atoms with E-state index in [4.69, 9.17) is 4.74 Å². The number of piperidine rings is 1. The molecule has 1 saturated heterocycles. The number of nitrogens with one attached hydrogen (secondary N) is 2. The first-order valence-electron chi connectivity index (χ1n) is 11.4. The minimum atomic E-state index is -3.67. The molecule has 1 atom stereocenters. The predicted octanol–water partition coefficient (Wildman–Crippen LogP) is 4.40. The van der Waals surface area contributed by atoms with Gasteiger partial charge in [0.25, 0.3) is 0 Å². The summed E-state index contributed by atoms with van der Waals surface area (Å²) in [6.45, 7) is 4.90. The van der Waals surface area contributed by atoms with Gasteiger partial charge in [-0.2, -0.15) is 0 Å². The van der Waals surface area contributed by atoms with E-state index >= 15 is 0 Å². The molecule has 1 unspecified atom stereocenters. The Morgan fingerprint density at radius 2 is 1.66 bits per heavy atom. The van der Waals surface area contributed by atoms with Gasteiger partial charge in [-0.15, -0.1) is 0 Å². The van der Waals surface area contributed by atoms with E-state index in [0.717, 1.165) is 47.8 Å². The fraction of sp³-hybridized carbons (Fsp3) is 0.385. The highest BCUT2D eigenvalue weighted by molar-refractivity contribution is 7.89. The van der Waals surface area contributed by atoms with Gasteiger partial charge in [0.2, 0.25) is 10.0 Å². The summed E-state index contributed by atoms with van der Waals surface area (Å²) in [7, 11) is -3.67. The molecular formula is C26H32N2O3S. The van der Waals surface area contributed by atoms with Crippen molar-refractivity contribution in [3.05, 3.63) is 77.9 Å². The van der Waals surface area contributed by atoms with Crippen LogP contribution in [-0.4, -0.2) is 34.2 Å². The first-order chi connectivity index (χ1) is 15.5. The van der Waals surface area contributed by atoms with Crippen LogP contribution in [-0.2, 0) is 21.4 Å². The lowest BCUT2D eigenvalue weighted by Crippen LogP contribution is -2.45. The molecule has 0 radical (unpaired) electrons. The molecule has 1 heterocycles. The number of rotatable bonds is 9. The van der Waals surface area contributed by atoms with Gasteiger partial charge in [0.05, 0.1) is 11.5 Å². The SMILES string of the molecule is Cc1ccc(S(=O)(=O)NC(CCOCc2ccccc2)C2CCNCC2)c2ccccc12. The topological polar surface area (TPSA) is 67.4 Å². The van der Waals surface area contributed by atoms with Crippen LogP contribution in [0.3, 0.4) is 0 Å². The Morgan fingerprint density at radius 3 is 2.41 bits per heavy atom. The van der Waals surface area contributed by atoms with Crippen molar-refractivity contribution in [3.8, 4) is 0 Å². The van der Waals surface area contributed by atoms with Crippen molar-refractivity contribution < 1.29 is 13.2 Å². The maximum atomic E-state index is 13.5. The predicted molar refractivity (Wildman–Crippen MR) is 129 cm³/mol. The van der Waals surface area contributed by atoms with E-state index < -0.39 is 10.0 Å². The molecule has 0 aromatic heterocycles. The second kappa shape index (κ2) is 10.6. The fourth-order valence-electron chi connectivity index (χ4n) is 4.53. The third-order valence-corrected chi connectivity index (χ3v) is 7.88. The van der Waals surface area contributed by atoms with Crippen molar-refractivity contribution in [2.45, 2.75) is 43.7 Å². The molecule has 1 fully saturated rings. The zero-order valence-corrected chi connectivity index (χ0v) is 19.4. The van der Waals surface area contributed by atoms with Gasteiger partial charge >= 0.3 is 0 Å². The monoisotopic (exact) mass is 452 g/mol. The summed E-state index contributed by atoms with van der Waals surface area (Å²) in [5.74, 6) is 0.295. The van der Waals surface area contributed by atoms with Gasteiger partial charge < -0.3 is 10.1 Å². The minimum Gasteiger partial charge on any atom is -0.377 e. The number of sulfonamides is 1. The average Bonchev–Trinajstić information content (AvgIpc) is 2.82. The second-order valence-corrected chi connectivity index (χ2v) is 10.3. The summed E-state index contributed by atoms with van der Waals surface area (Å²) in [5, 5.41) is 5.11. The first kappa shape index (κ1) is 22.9. The molecule has 0 amide bonds. The summed E-state index contributed by atoms with van der Waals surface area (Å²) >= 11 is 0. The van der Waals surface area contributed by atoms with Crippen LogP contribution in [0.5, 0.6) is 0 Å². The maximum Gasteiger partial charge on any atom is 0.241 e. The fourth-order valence-corrected chi connectivity index (χ4v) is 6.08. The highest BCUT2D eigenvalue weighted by Crippen LogP contribution is 2.27. The summed E-state index contributed by atoms with van der Waals surface area (Å²) < 4.78 is 35.9. The number of fused-ring (bicyclic) bond motifs is 1. The molecule has 0 spiro atoms. The van der Waals surface area contributed by atoms with E-state index in [0.29, 0.717) is 30.4 Å². The van der Waals surface area contributed by atoms with E-state index in [9.17, 15) is 8.42 Å². The molecule has 1 aliphatic heterocycles. The van der Waals surface area contributed by atoms with Crippen LogP contribution in [0.25, 0.3) is 10.8 Å². The Hall–Kier alpha value is -2.25. The number of hydrogen-bond acceptors (Lipinski definition) is 4. The van der Waals surface area contributed by atoms with Crippen LogP contribution in [0.2, 0.25) is 0 Å². The molecule has 0 saturated carbocycles. The standard InChI is InChI=1S/C26H32N2O3S/c1-20-11-12-26(24-10-6-5-9-23(20)24)32(29,30)28-25(22-13-16-27-17-14-22)15-18-31-19-21-7-3-2-4-8-21/h2-12,22,25,27-28H,13-19H2,1H3. The van der Waals surface area contributed by atoms with E-state index in [2.05, 4.69) is 10.0 Å². The van der Waals surface area contributed by atoms with Crippen molar-refractivity contribution in [1.29, 1.82) is 0 Å². The largest absolute Gasteiger partial charge is 0.377 e. The molecule has 1 aliphatic rings. The van der Waals surface area contributed by atoms with Crippen LogP contribution < -0.4 is 10.0 Å². The molecular weight excluding hydrogens is 420 g/mol. The summed E-state index contributed by atoms with van der Waals surface area (Å²) in [6.07, 6.45) is 2.57. The van der Waals surface area contributed by atoms with Crippen LogP contribution >= 0.6 is 0 Å². The van der Waals surface area contributed by atoms with Gasteiger partial charge in [0.1, 0.15) is 0 Å². The Labute approximate surface area is 191 Å². The molecule has 5 nitrogen and oxygen atoms in total.